The molecule has 0 amide bonds. The number of hydrogen-bond acceptors (Lipinski definition) is 4. The number of hydrogen-bond donors (Lipinski definition) is 2. The maximum absolute atomic E-state index is 11.9. The molecule has 0 spiro atoms. The summed E-state index contributed by atoms with van der Waals surface area (Å²) in [6.45, 7) is 11.6. The number of aromatic nitrogens is 2. The second kappa shape index (κ2) is 7.07. The molecule has 1 aliphatic rings. The Morgan fingerprint density at radius 1 is 1.38 bits per heavy atom. The first kappa shape index (κ1) is 16.0. The third-order valence-corrected chi connectivity index (χ3v) is 4.06. The fourth-order valence-electron chi connectivity index (χ4n) is 2.81. The zero-order chi connectivity index (χ0) is 15.4. The van der Waals surface area contributed by atoms with Crippen LogP contribution in [0, 0.1) is 5.92 Å². The average molecular weight is 292 g/mol. The van der Waals surface area contributed by atoms with Crippen LogP contribution in [0.3, 0.4) is 0 Å². The molecule has 5 heteroatoms. The summed E-state index contributed by atoms with van der Waals surface area (Å²) in [7, 11) is 0. The van der Waals surface area contributed by atoms with Crippen molar-refractivity contribution < 1.29 is 0 Å². The van der Waals surface area contributed by atoms with Gasteiger partial charge in [0.25, 0.3) is 5.56 Å². The lowest BCUT2D eigenvalue weighted by molar-refractivity contribution is 0.370. The molecule has 1 unspecified atom stereocenters. The van der Waals surface area contributed by atoms with Gasteiger partial charge >= 0.3 is 0 Å². The highest BCUT2D eigenvalue weighted by Gasteiger charge is 2.21. The van der Waals surface area contributed by atoms with Crippen LogP contribution < -0.4 is 15.8 Å². The second-order valence-corrected chi connectivity index (χ2v) is 6.60. The van der Waals surface area contributed by atoms with E-state index in [0.717, 1.165) is 31.3 Å². The lowest BCUT2D eigenvalue weighted by Crippen LogP contribution is -2.42. The van der Waals surface area contributed by atoms with Crippen LogP contribution in [0.1, 0.15) is 52.3 Å². The minimum atomic E-state index is -0.0591. The Morgan fingerprint density at radius 3 is 2.71 bits per heavy atom. The van der Waals surface area contributed by atoms with Gasteiger partial charge in [-0.25, -0.2) is 4.98 Å². The molecule has 21 heavy (non-hydrogen) atoms. The van der Waals surface area contributed by atoms with Crippen LogP contribution in [0.2, 0.25) is 0 Å². The molecule has 118 valence electrons. The molecule has 2 rings (SSSR count). The smallest absolute Gasteiger partial charge is 0.252 e. The van der Waals surface area contributed by atoms with Crippen molar-refractivity contribution in [2.45, 2.75) is 52.5 Å². The van der Waals surface area contributed by atoms with Crippen LogP contribution in [0.15, 0.2) is 10.9 Å². The summed E-state index contributed by atoms with van der Waals surface area (Å²) in [4.78, 5) is 21.7. The SMILES string of the molecule is CC(C)c1nc(N(CC2CCCNC2)C(C)C)cc(=O)[nH]1. The van der Waals surface area contributed by atoms with Gasteiger partial charge in [0.2, 0.25) is 0 Å². The largest absolute Gasteiger partial charge is 0.354 e. The normalized spacial score (nSPS) is 19.2. The Morgan fingerprint density at radius 2 is 2.14 bits per heavy atom. The third-order valence-electron chi connectivity index (χ3n) is 4.06. The third kappa shape index (κ3) is 4.30. The van der Waals surface area contributed by atoms with E-state index in [1.54, 1.807) is 6.07 Å². The van der Waals surface area contributed by atoms with Crippen LogP contribution in [0.4, 0.5) is 5.82 Å². The zero-order valence-electron chi connectivity index (χ0n) is 13.6. The van der Waals surface area contributed by atoms with E-state index < -0.39 is 0 Å². The van der Waals surface area contributed by atoms with Gasteiger partial charge < -0.3 is 15.2 Å². The number of piperidine rings is 1. The maximum Gasteiger partial charge on any atom is 0.252 e. The zero-order valence-corrected chi connectivity index (χ0v) is 13.6. The van der Waals surface area contributed by atoms with Crippen molar-refractivity contribution in [3.8, 4) is 0 Å². The Labute approximate surface area is 127 Å². The molecule has 0 radical (unpaired) electrons. The maximum atomic E-state index is 11.9. The molecule has 5 nitrogen and oxygen atoms in total. The van der Waals surface area contributed by atoms with Gasteiger partial charge in [-0.3, -0.25) is 4.79 Å². The van der Waals surface area contributed by atoms with Gasteiger partial charge in [0, 0.05) is 24.6 Å². The van der Waals surface area contributed by atoms with Crippen molar-refractivity contribution in [3.05, 3.63) is 22.2 Å². The predicted octanol–water partition coefficient (Wildman–Crippen LogP) is 2.11. The Kier molecular flexibility index (Phi) is 5.39. The summed E-state index contributed by atoms with van der Waals surface area (Å²) in [6, 6.07) is 1.96. The molecule has 1 atom stereocenters. The first-order valence-corrected chi connectivity index (χ1v) is 8.06. The molecule has 0 bridgehead atoms. The highest BCUT2D eigenvalue weighted by molar-refractivity contribution is 5.39. The van der Waals surface area contributed by atoms with Gasteiger partial charge in [-0.05, 0) is 45.7 Å². The summed E-state index contributed by atoms with van der Waals surface area (Å²) in [5, 5.41) is 3.46. The van der Waals surface area contributed by atoms with Gasteiger partial charge in [-0.15, -0.1) is 0 Å². The van der Waals surface area contributed by atoms with Crippen LogP contribution in [0.25, 0.3) is 0 Å². The molecular formula is C16H28N4O. The van der Waals surface area contributed by atoms with E-state index in [9.17, 15) is 4.79 Å². The van der Waals surface area contributed by atoms with E-state index in [4.69, 9.17) is 0 Å². The monoisotopic (exact) mass is 292 g/mol. The van der Waals surface area contributed by atoms with Crippen LogP contribution in [0.5, 0.6) is 0 Å². The van der Waals surface area contributed by atoms with Gasteiger partial charge in [-0.1, -0.05) is 13.8 Å². The topological polar surface area (TPSA) is 61.0 Å². The Hall–Kier alpha value is -1.36. The van der Waals surface area contributed by atoms with Crippen molar-refractivity contribution in [2.24, 2.45) is 5.92 Å². The van der Waals surface area contributed by atoms with Gasteiger partial charge in [-0.2, -0.15) is 0 Å². The van der Waals surface area contributed by atoms with Crippen LogP contribution in [-0.2, 0) is 0 Å². The molecule has 0 saturated carbocycles. The summed E-state index contributed by atoms with van der Waals surface area (Å²) in [5.74, 6) is 2.43. The van der Waals surface area contributed by atoms with E-state index >= 15 is 0 Å². The van der Waals surface area contributed by atoms with Gasteiger partial charge in [0.05, 0.1) is 0 Å². The van der Waals surface area contributed by atoms with E-state index in [0.29, 0.717) is 12.0 Å². The van der Waals surface area contributed by atoms with Crippen molar-refractivity contribution in [3.63, 3.8) is 0 Å². The number of nitrogens with zero attached hydrogens (tertiary/aromatic N) is 2. The van der Waals surface area contributed by atoms with Crippen LogP contribution in [-0.4, -0.2) is 35.6 Å². The molecule has 0 aromatic carbocycles. The summed E-state index contributed by atoms with van der Waals surface area (Å²) >= 11 is 0. The van der Waals surface area contributed by atoms with E-state index in [1.807, 2.05) is 13.8 Å². The lowest BCUT2D eigenvalue weighted by atomic mass is 9.98. The van der Waals surface area contributed by atoms with Crippen molar-refractivity contribution in [1.29, 1.82) is 0 Å². The molecule has 1 aliphatic heterocycles. The molecule has 1 aromatic rings. The number of H-pyrrole nitrogens is 1. The quantitative estimate of drug-likeness (QED) is 0.872. The molecule has 1 aromatic heterocycles. The molecular weight excluding hydrogens is 264 g/mol. The standard InChI is InChI=1S/C16H28N4O/c1-11(2)16-18-14(8-15(21)19-16)20(12(3)4)10-13-6-5-7-17-9-13/h8,11-13,17H,5-7,9-10H2,1-4H3,(H,18,19,21). The lowest BCUT2D eigenvalue weighted by Gasteiger charge is -2.33. The minimum absolute atomic E-state index is 0.0591. The summed E-state index contributed by atoms with van der Waals surface area (Å²) < 4.78 is 0. The van der Waals surface area contributed by atoms with Crippen molar-refractivity contribution in [1.82, 2.24) is 15.3 Å². The first-order valence-electron chi connectivity index (χ1n) is 8.06. The fraction of sp³-hybridized carbons (Fsp3) is 0.750. The number of aromatic amines is 1. The number of nitrogens with one attached hydrogen (secondary N) is 2. The molecule has 1 saturated heterocycles. The van der Waals surface area contributed by atoms with Crippen molar-refractivity contribution >= 4 is 5.82 Å². The number of anilines is 1. The average Bonchev–Trinajstić information content (AvgIpc) is 2.44. The van der Waals surface area contributed by atoms with Crippen LogP contribution >= 0.6 is 0 Å². The summed E-state index contributed by atoms with van der Waals surface area (Å²) in [6.07, 6.45) is 2.48. The molecule has 2 heterocycles. The minimum Gasteiger partial charge on any atom is -0.354 e. The van der Waals surface area contributed by atoms with Crippen molar-refractivity contribution in [2.75, 3.05) is 24.5 Å². The number of rotatable bonds is 5. The van der Waals surface area contributed by atoms with E-state index in [1.165, 1.54) is 12.8 Å². The highest BCUT2D eigenvalue weighted by Crippen LogP contribution is 2.20. The fourth-order valence-corrected chi connectivity index (χ4v) is 2.81. The van der Waals surface area contributed by atoms with E-state index in [2.05, 4.69) is 34.0 Å². The molecule has 2 N–H and O–H groups in total. The van der Waals surface area contributed by atoms with Gasteiger partial charge in [0.1, 0.15) is 11.6 Å². The molecule has 0 aliphatic carbocycles. The Balaban J connectivity index is 2.22. The van der Waals surface area contributed by atoms with E-state index in [-0.39, 0.29) is 11.5 Å². The summed E-state index contributed by atoms with van der Waals surface area (Å²) in [5.41, 5.74) is -0.0591. The second-order valence-electron chi connectivity index (χ2n) is 6.60. The first-order chi connectivity index (χ1) is 9.97. The van der Waals surface area contributed by atoms with Gasteiger partial charge in [0.15, 0.2) is 0 Å². The Bertz CT molecular complexity index is 503. The predicted molar refractivity (Wildman–Crippen MR) is 87.0 cm³/mol. The molecule has 1 fully saturated rings. The highest BCUT2D eigenvalue weighted by atomic mass is 16.1.